The minimum atomic E-state index is -0.0455. The summed E-state index contributed by atoms with van der Waals surface area (Å²) in [4.78, 5) is 0. The summed E-state index contributed by atoms with van der Waals surface area (Å²) in [5.41, 5.74) is 2.62. The van der Waals surface area contributed by atoms with Crippen LogP contribution in [0.1, 0.15) is 37.8 Å². The van der Waals surface area contributed by atoms with E-state index in [2.05, 4.69) is 45.9 Å². The van der Waals surface area contributed by atoms with E-state index >= 15 is 0 Å². The first kappa shape index (κ1) is 8.61. The normalized spacial score (nSPS) is 23.8. The molecule has 13 heavy (non-hydrogen) atoms. The van der Waals surface area contributed by atoms with Gasteiger partial charge in [0.15, 0.2) is 0 Å². The minimum Gasteiger partial charge on any atom is -0.487 e. The van der Waals surface area contributed by atoms with Gasteiger partial charge in [0.25, 0.3) is 0 Å². The lowest BCUT2D eigenvalue weighted by atomic mass is 9.88. The van der Waals surface area contributed by atoms with Gasteiger partial charge in [-0.3, -0.25) is 0 Å². The van der Waals surface area contributed by atoms with Gasteiger partial charge in [0.2, 0.25) is 0 Å². The average molecular weight is 176 g/mol. The Morgan fingerprint density at radius 2 is 2.00 bits per heavy atom. The third-order valence-electron chi connectivity index (χ3n) is 3.05. The highest BCUT2D eigenvalue weighted by Crippen LogP contribution is 2.44. The Hall–Kier alpha value is -0.980. The lowest BCUT2D eigenvalue weighted by molar-refractivity contribution is 0.116. The summed E-state index contributed by atoms with van der Waals surface area (Å²) in [5, 5.41) is 0. The van der Waals surface area contributed by atoms with E-state index in [1.165, 1.54) is 11.1 Å². The molecule has 0 bridgehead atoms. The lowest BCUT2D eigenvalue weighted by Crippen LogP contribution is -2.28. The zero-order chi connectivity index (χ0) is 9.64. The molecule has 1 aliphatic heterocycles. The maximum atomic E-state index is 5.86. The second kappa shape index (κ2) is 2.50. The van der Waals surface area contributed by atoms with Crippen molar-refractivity contribution in [3.63, 3.8) is 0 Å². The third kappa shape index (κ3) is 1.23. The molecule has 1 aromatic rings. The Morgan fingerprint density at radius 1 is 1.31 bits per heavy atom. The van der Waals surface area contributed by atoms with Gasteiger partial charge in [-0.1, -0.05) is 24.6 Å². The molecule has 0 fully saturated rings. The van der Waals surface area contributed by atoms with Crippen LogP contribution in [0.5, 0.6) is 5.75 Å². The molecule has 1 atom stereocenters. The van der Waals surface area contributed by atoms with Crippen LogP contribution >= 0.6 is 0 Å². The van der Waals surface area contributed by atoms with E-state index in [1.54, 1.807) is 0 Å². The molecular weight excluding hydrogens is 160 g/mol. The van der Waals surface area contributed by atoms with Gasteiger partial charge in [0.05, 0.1) is 0 Å². The van der Waals surface area contributed by atoms with Crippen molar-refractivity contribution in [2.24, 2.45) is 0 Å². The zero-order valence-electron chi connectivity index (χ0n) is 8.72. The average Bonchev–Trinajstić information content (AvgIpc) is 2.26. The van der Waals surface area contributed by atoms with Crippen molar-refractivity contribution < 1.29 is 4.74 Å². The van der Waals surface area contributed by atoms with Crippen molar-refractivity contribution in [2.45, 2.75) is 39.2 Å². The van der Waals surface area contributed by atoms with Crippen molar-refractivity contribution >= 4 is 0 Å². The predicted molar refractivity (Wildman–Crippen MR) is 54.3 cm³/mol. The zero-order valence-corrected chi connectivity index (χ0v) is 8.72. The number of hydrogen-bond acceptors (Lipinski definition) is 1. The molecule has 0 amide bonds. The summed E-state index contributed by atoms with van der Waals surface area (Å²) < 4.78 is 5.86. The number of hydrogen-bond donors (Lipinski definition) is 0. The Morgan fingerprint density at radius 3 is 2.69 bits per heavy atom. The molecule has 70 valence electrons. The first-order valence-electron chi connectivity index (χ1n) is 4.80. The van der Waals surface area contributed by atoms with E-state index < -0.39 is 0 Å². The minimum absolute atomic E-state index is 0.0455. The van der Waals surface area contributed by atoms with E-state index in [9.17, 15) is 0 Å². The van der Waals surface area contributed by atoms with Gasteiger partial charge in [-0.15, -0.1) is 0 Å². The Kier molecular flexibility index (Phi) is 1.66. The molecule has 1 unspecified atom stereocenters. The second-order valence-electron chi connectivity index (χ2n) is 4.47. The molecule has 0 spiro atoms. The number of ether oxygens (including phenoxy) is 1. The second-order valence-corrected chi connectivity index (χ2v) is 4.47. The van der Waals surface area contributed by atoms with Crippen LogP contribution in [0, 0.1) is 6.92 Å². The van der Waals surface area contributed by atoms with Crippen molar-refractivity contribution in [3.8, 4) is 5.75 Å². The molecule has 0 aromatic heterocycles. The highest BCUT2D eigenvalue weighted by atomic mass is 16.5. The number of fused-ring (bicyclic) bond motifs is 1. The van der Waals surface area contributed by atoms with E-state index in [0.29, 0.717) is 5.92 Å². The van der Waals surface area contributed by atoms with Crippen LogP contribution in [0.3, 0.4) is 0 Å². The number of aryl methyl sites for hydroxylation is 1. The Labute approximate surface area is 79.7 Å². The van der Waals surface area contributed by atoms with Gasteiger partial charge in [-0.25, -0.2) is 0 Å². The molecule has 2 rings (SSSR count). The highest BCUT2D eigenvalue weighted by molar-refractivity contribution is 5.44. The van der Waals surface area contributed by atoms with Crippen molar-refractivity contribution in [2.75, 3.05) is 0 Å². The molecule has 1 heteroatoms. The maximum Gasteiger partial charge on any atom is 0.123 e. The largest absolute Gasteiger partial charge is 0.487 e. The molecule has 0 N–H and O–H groups in total. The predicted octanol–water partition coefficient (Wildman–Crippen LogP) is 3.27. The van der Waals surface area contributed by atoms with Gasteiger partial charge < -0.3 is 4.74 Å². The van der Waals surface area contributed by atoms with Crippen LogP contribution in [0.15, 0.2) is 18.2 Å². The topological polar surface area (TPSA) is 9.23 Å². The van der Waals surface area contributed by atoms with Gasteiger partial charge in [-0.2, -0.15) is 0 Å². The lowest BCUT2D eigenvalue weighted by Gasteiger charge is -2.22. The van der Waals surface area contributed by atoms with Gasteiger partial charge in [0, 0.05) is 11.5 Å². The SMILES string of the molecule is Cc1ccc2c(c1)C(C)C(C)(C)O2. The summed E-state index contributed by atoms with van der Waals surface area (Å²) in [5.74, 6) is 1.55. The summed E-state index contributed by atoms with van der Waals surface area (Å²) >= 11 is 0. The fourth-order valence-corrected chi connectivity index (χ4v) is 1.85. The summed E-state index contributed by atoms with van der Waals surface area (Å²) in [7, 11) is 0. The monoisotopic (exact) mass is 176 g/mol. The molecule has 0 aliphatic carbocycles. The standard InChI is InChI=1S/C12H16O/c1-8-5-6-11-10(7-8)9(2)12(3,4)13-11/h5-7,9H,1-4H3. The van der Waals surface area contributed by atoms with Gasteiger partial charge in [-0.05, 0) is 26.8 Å². The molecule has 1 aromatic carbocycles. The van der Waals surface area contributed by atoms with Crippen LogP contribution in [-0.4, -0.2) is 5.60 Å². The summed E-state index contributed by atoms with van der Waals surface area (Å²) in [6.07, 6.45) is 0. The van der Waals surface area contributed by atoms with Crippen LogP contribution in [-0.2, 0) is 0 Å². The van der Waals surface area contributed by atoms with Crippen LogP contribution in [0.2, 0.25) is 0 Å². The Balaban J connectivity index is 2.51. The first-order valence-corrected chi connectivity index (χ1v) is 4.80. The van der Waals surface area contributed by atoms with E-state index in [1.807, 2.05) is 0 Å². The third-order valence-corrected chi connectivity index (χ3v) is 3.05. The quantitative estimate of drug-likeness (QED) is 0.589. The molecule has 0 saturated carbocycles. The molecule has 1 nitrogen and oxygen atoms in total. The number of rotatable bonds is 0. The smallest absolute Gasteiger partial charge is 0.123 e. The molecule has 1 heterocycles. The first-order chi connectivity index (χ1) is 6.00. The highest BCUT2D eigenvalue weighted by Gasteiger charge is 2.37. The van der Waals surface area contributed by atoms with Crippen LogP contribution < -0.4 is 4.74 Å². The molecule has 0 saturated heterocycles. The fourth-order valence-electron chi connectivity index (χ4n) is 1.85. The van der Waals surface area contributed by atoms with Gasteiger partial charge in [0.1, 0.15) is 11.4 Å². The van der Waals surface area contributed by atoms with Crippen molar-refractivity contribution in [1.29, 1.82) is 0 Å². The molecular formula is C12H16O. The summed E-state index contributed by atoms with van der Waals surface area (Å²) in [6.45, 7) is 8.64. The molecule has 0 radical (unpaired) electrons. The van der Waals surface area contributed by atoms with Crippen molar-refractivity contribution in [3.05, 3.63) is 29.3 Å². The maximum absolute atomic E-state index is 5.86. The molecule has 1 aliphatic rings. The van der Waals surface area contributed by atoms with E-state index in [0.717, 1.165) is 5.75 Å². The number of benzene rings is 1. The van der Waals surface area contributed by atoms with Gasteiger partial charge >= 0.3 is 0 Å². The van der Waals surface area contributed by atoms with E-state index in [4.69, 9.17) is 4.74 Å². The van der Waals surface area contributed by atoms with Crippen LogP contribution in [0.4, 0.5) is 0 Å². The van der Waals surface area contributed by atoms with Crippen molar-refractivity contribution in [1.82, 2.24) is 0 Å². The fraction of sp³-hybridized carbons (Fsp3) is 0.500. The summed E-state index contributed by atoms with van der Waals surface area (Å²) in [6, 6.07) is 6.41. The Bertz CT molecular complexity index is 339. The van der Waals surface area contributed by atoms with E-state index in [-0.39, 0.29) is 5.60 Å². The van der Waals surface area contributed by atoms with Crippen LogP contribution in [0.25, 0.3) is 0 Å².